The second kappa shape index (κ2) is 8.46. The van der Waals surface area contributed by atoms with Crippen molar-refractivity contribution in [2.24, 2.45) is 0 Å². The van der Waals surface area contributed by atoms with E-state index in [9.17, 15) is 8.78 Å². The van der Waals surface area contributed by atoms with Crippen molar-refractivity contribution in [1.82, 2.24) is 34.7 Å². The highest BCUT2D eigenvalue weighted by Gasteiger charge is 2.19. The Kier molecular flexibility index (Phi) is 5.36. The number of aromatic nitrogens is 6. The Hall–Kier alpha value is -3.66. The third kappa shape index (κ3) is 3.84. The summed E-state index contributed by atoms with van der Waals surface area (Å²) in [6.45, 7) is 4.26. The van der Waals surface area contributed by atoms with Crippen molar-refractivity contribution >= 4 is 5.82 Å². The molecule has 8 nitrogen and oxygen atoms in total. The second-order valence-corrected chi connectivity index (χ2v) is 7.83. The molecule has 0 aliphatic carbocycles. The van der Waals surface area contributed by atoms with Gasteiger partial charge in [-0.3, -0.25) is 0 Å². The molecular formula is C22H22F2N8. The van der Waals surface area contributed by atoms with Crippen molar-refractivity contribution in [3.05, 3.63) is 60.6 Å². The van der Waals surface area contributed by atoms with Crippen LogP contribution in [0.2, 0.25) is 0 Å². The molecule has 0 radical (unpaired) electrons. The first kappa shape index (κ1) is 20.3. The Morgan fingerprint density at radius 2 is 1.88 bits per heavy atom. The summed E-state index contributed by atoms with van der Waals surface area (Å²) in [6, 6.07) is 7.64. The number of anilines is 1. The lowest BCUT2D eigenvalue weighted by Gasteiger charge is -2.14. The molecule has 0 saturated carbocycles. The van der Waals surface area contributed by atoms with Crippen LogP contribution in [0.4, 0.5) is 14.6 Å². The molecule has 32 heavy (non-hydrogen) atoms. The van der Waals surface area contributed by atoms with Crippen molar-refractivity contribution in [3.8, 4) is 28.2 Å². The third-order valence-corrected chi connectivity index (χ3v) is 5.75. The molecule has 4 aromatic rings. The van der Waals surface area contributed by atoms with E-state index in [4.69, 9.17) is 5.73 Å². The van der Waals surface area contributed by atoms with Crippen LogP contribution >= 0.6 is 0 Å². The van der Waals surface area contributed by atoms with Crippen molar-refractivity contribution in [3.63, 3.8) is 0 Å². The Balaban J connectivity index is 1.45. The standard InChI is InChI=1S/C22H22F2N8/c23-18-4-3-5-19(20(18)24)32-22(27-28-29-32)17-12-16(13-26-21(17)25)15-6-9-31(14-15)11-10-30-7-1-2-8-30/h3-6,9,12-14H,1-2,7-8,10-11H2,(H2,25,26). The SMILES string of the molecule is Nc1ncc(-c2ccn(CCN3CCCC3)c2)cc1-c1nnnn1-c1cccc(F)c1F. The number of rotatable bonds is 6. The predicted octanol–water partition coefficient (Wildman–Crippen LogP) is 3.15. The number of pyridine rings is 1. The summed E-state index contributed by atoms with van der Waals surface area (Å²) in [4.78, 5) is 6.75. The van der Waals surface area contributed by atoms with Gasteiger partial charge in [-0.2, -0.15) is 4.68 Å². The zero-order chi connectivity index (χ0) is 22.1. The van der Waals surface area contributed by atoms with Gasteiger partial charge in [0.2, 0.25) is 0 Å². The average Bonchev–Trinajstić information content (AvgIpc) is 3.56. The minimum atomic E-state index is -1.04. The van der Waals surface area contributed by atoms with E-state index in [1.807, 2.05) is 18.3 Å². The lowest BCUT2D eigenvalue weighted by atomic mass is 10.1. The molecule has 5 rings (SSSR count). The molecule has 1 aliphatic heterocycles. The number of nitrogen functional groups attached to an aromatic ring is 1. The van der Waals surface area contributed by atoms with Gasteiger partial charge in [0.25, 0.3) is 0 Å². The number of nitrogens with two attached hydrogens (primary N) is 1. The summed E-state index contributed by atoms with van der Waals surface area (Å²) in [5.74, 6) is -1.66. The van der Waals surface area contributed by atoms with Crippen LogP contribution in [0.5, 0.6) is 0 Å². The molecule has 2 N–H and O–H groups in total. The van der Waals surface area contributed by atoms with Gasteiger partial charge in [-0.1, -0.05) is 6.07 Å². The number of tetrazole rings is 1. The molecule has 0 bridgehead atoms. The molecule has 0 atom stereocenters. The fourth-order valence-corrected chi connectivity index (χ4v) is 4.00. The van der Waals surface area contributed by atoms with Crippen LogP contribution in [0, 0.1) is 11.6 Å². The van der Waals surface area contributed by atoms with Crippen LogP contribution in [0.15, 0.2) is 48.9 Å². The van der Waals surface area contributed by atoms with Crippen LogP contribution in [0.1, 0.15) is 12.8 Å². The molecule has 1 aliphatic rings. The molecule has 0 unspecified atom stereocenters. The zero-order valence-corrected chi connectivity index (χ0v) is 17.3. The average molecular weight is 436 g/mol. The minimum absolute atomic E-state index is 0.108. The van der Waals surface area contributed by atoms with E-state index >= 15 is 0 Å². The molecular weight excluding hydrogens is 414 g/mol. The van der Waals surface area contributed by atoms with E-state index in [-0.39, 0.29) is 17.3 Å². The van der Waals surface area contributed by atoms with E-state index < -0.39 is 11.6 Å². The first-order chi connectivity index (χ1) is 15.6. The molecule has 10 heteroatoms. The van der Waals surface area contributed by atoms with Gasteiger partial charge in [0.15, 0.2) is 17.5 Å². The fraction of sp³-hybridized carbons (Fsp3) is 0.273. The lowest BCUT2D eigenvalue weighted by Crippen LogP contribution is -2.23. The smallest absolute Gasteiger partial charge is 0.190 e. The van der Waals surface area contributed by atoms with Crippen molar-refractivity contribution in [1.29, 1.82) is 0 Å². The van der Waals surface area contributed by atoms with Gasteiger partial charge in [0, 0.05) is 42.8 Å². The maximum absolute atomic E-state index is 14.3. The lowest BCUT2D eigenvalue weighted by molar-refractivity contribution is 0.323. The first-order valence-corrected chi connectivity index (χ1v) is 10.5. The summed E-state index contributed by atoms with van der Waals surface area (Å²) < 4.78 is 31.4. The third-order valence-electron chi connectivity index (χ3n) is 5.75. The van der Waals surface area contributed by atoms with Gasteiger partial charge in [0.05, 0.1) is 5.56 Å². The summed E-state index contributed by atoms with van der Waals surface area (Å²) >= 11 is 0. The number of likely N-dealkylation sites (tertiary alicyclic amines) is 1. The predicted molar refractivity (Wildman–Crippen MR) is 116 cm³/mol. The van der Waals surface area contributed by atoms with Crippen LogP contribution in [0.3, 0.4) is 0 Å². The van der Waals surface area contributed by atoms with E-state index in [0.717, 1.165) is 35.0 Å². The number of hydrogen-bond donors (Lipinski definition) is 1. The van der Waals surface area contributed by atoms with Crippen molar-refractivity contribution in [2.45, 2.75) is 19.4 Å². The van der Waals surface area contributed by atoms with E-state index in [2.05, 4.69) is 36.2 Å². The Bertz CT molecular complexity index is 1240. The van der Waals surface area contributed by atoms with Gasteiger partial charge in [0.1, 0.15) is 11.5 Å². The number of hydrogen-bond acceptors (Lipinski definition) is 6. The second-order valence-electron chi connectivity index (χ2n) is 7.83. The maximum atomic E-state index is 14.3. The first-order valence-electron chi connectivity index (χ1n) is 10.5. The summed E-state index contributed by atoms with van der Waals surface area (Å²) in [5.41, 5.74) is 8.21. The Morgan fingerprint density at radius 1 is 1.03 bits per heavy atom. The van der Waals surface area contributed by atoms with Gasteiger partial charge in [-0.25, -0.2) is 13.8 Å². The van der Waals surface area contributed by atoms with Gasteiger partial charge >= 0.3 is 0 Å². The number of halogens is 2. The molecule has 1 saturated heterocycles. The Morgan fingerprint density at radius 3 is 2.72 bits per heavy atom. The van der Waals surface area contributed by atoms with Crippen molar-refractivity contribution < 1.29 is 8.78 Å². The monoisotopic (exact) mass is 436 g/mol. The fourth-order valence-electron chi connectivity index (χ4n) is 4.00. The van der Waals surface area contributed by atoms with Gasteiger partial charge in [-0.15, -0.1) is 5.10 Å². The Labute approximate surface area is 183 Å². The highest BCUT2D eigenvalue weighted by Crippen LogP contribution is 2.30. The number of benzene rings is 1. The van der Waals surface area contributed by atoms with E-state index in [1.165, 1.54) is 38.1 Å². The van der Waals surface area contributed by atoms with E-state index in [1.54, 1.807) is 6.20 Å². The van der Waals surface area contributed by atoms with Crippen LogP contribution in [0.25, 0.3) is 28.2 Å². The van der Waals surface area contributed by atoms with Gasteiger partial charge in [-0.05, 0) is 60.6 Å². The summed E-state index contributed by atoms with van der Waals surface area (Å²) in [7, 11) is 0. The van der Waals surface area contributed by atoms with Crippen LogP contribution in [-0.2, 0) is 6.54 Å². The molecule has 1 aromatic carbocycles. The molecule has 1 fully saturated rings. The number of nitrogens with zero attached hydrogens (tertiary/aromatic N) is 7. The van der Waals surface area contributed by atoms with Crippen LogP contribution < -0.4 is 5.73 Å². The van der Waals surface area contributed by atoms with Crippen molar-refractivity contribution in [2.75, 3.05) is 25.4 Å². The quantitative estimate of drug-likeness (QED) is 0.499. The minimum Gasteiger partial charge on any atom is -0.383 e. The summed E-state index contributed by atoms with van der Waals surface area (Å²) in [5, 5.41) is 11.5. The summed E-state index contributed by atoms with van der Waals surface area (Å²) in [6.07, 6.45) is 8.32. The molecule has 0 spiro atoms. The molecule has 164 valence electrons. The molecule has 3 aromatic heterocycles. The largest absolute Gasteiger partial charge is 0.383 e. The maximum Gasteiger partial charge on any atom is 0.190 e. The molecule has 4 heterocycles. The topological polar surface area (TPSA) is 90.7 Å². The van der Waals surface area contributed by atoms with Crippen LogP contribution in [-0.4, -0.2) is 54.3 Å². The van der Waals surface area contributed by atoms with E-state index in [0.29, 0.717) is 5.56 Å². The molecule has 0 amide bonds. The zero-order valence-electron chi connectivity index (χ0n) is 17.3. The normalized spacial score (nSPS) is 14.3. The highest BCUT2D eigenvalue weighted by atomic mass is 19.2. The highest BCUT2D eigenvalue weighted by molar-refractivity contribution is 5.76. The van der Waals surface area contributed by atoms with Gasteiger partial charge < -0.3 is 15.2 Å².